The molecule has 37 heavy (non-hydrogen) atoms. The summed E-state index contributed by atoms with van der Waals surface area (Å²) in [7, 11) is 0. The Morgan fingerprint density at radius 1 is 1.16 bits per heavy atom. The smallest absolute Gasteiger partial charge is 0.311 e. The van der Waals surface area contributed by atoms with Gasteiger partial charge >= 0.3 is 5.69 Å². The number of anilines is 1. The molecule has 1 unspecified atom stereocenters. The maximum Gasteiger partial charge on any atom is 0.311 e. The van der Waals surface area contributed by atoms with E-state index in [0.717, 1.165) is 23.6 Å². The van der Waals surface area contributed by atoms with Gasteiger partial charge in [0, 0.05) is 22.9 Å². The number of oxazole rings is 1. The summed E-state index contributed by atoms with van der Waals surface area (Å²) >= 11 is 5.29. The molecule has 9 nitrogen and oxygen atoms in total. The summed E-state index contributed by atoms with van der Waals surface area (Å²) in [4.78, 5) is 28.0. The lowest BCUT2D eigenvalue weighted by atomic mass is 9.98. The molecule has 0 bridgehead atoms. The molecule has 3 aromatic carbocycles. The van der Waals surface area contributed by atoms with E-state index >= 15 is 0 Å². The van der Waals surface area contributed by atoms with E-state index in [1.165, 1.54) is 17.7 Å². The summed E-state index contributed by atoms with van der Waals surface area (Å²) in [6.45, 7) is 6.31. The summed E-state index contributed by atoms with van der Waals surface area (Å²) in [6, 6.07) is 17.3. The van der Waals surface area contributed by atoms with Crippen molar-refractivity contribution in [1.29, 1.82) is 0 Å². The minimum absolute atomic E-state index is 0.0365. The summed E-state index contributed by atoms with van der Waals surface area (Å²) in [6.07, 6.45) is 1.04. The third-order valence-electron chi connectivity index (χ3n) is 5.91. The van der Waals surface area contributed by atoms with Crippen molar-refractivity contribution in [3.8, 4) is 17.2 Å². The number of aromatic nitrogens is 1. The highest BCUT2D eigenvalue weighted by Crippen LogP contribution is 2.30. The Balaban J connectivity index is 1.47. The van der Waals surface area contributed by atoms with Gasteiger partial charge in [-0.15, -0.1) is 0 Å². The van der Waals surface area contributed by atoms with Crippen LogP contribution in [0.5, 0.6) is 5.75 Å². The van der Waals surface area contributed by atoms with Gasteiger partial charge in [0.05, 0.1) is 11.5 Å². The SMILES string of the molecule is CCOc1ccc(C(=O)NC(=S)Nc2cccc(-c3nc4cc(C(C)CC)ccc4o3)c2)cc1[N+](=O)[O-]. The zero-order valence-corrected chi connectivity index (χ0v) is 21.4. The van der Waals surface area contributed by atoms with Gasteiger partial charge < -0.3 is 14.5 Å². The van der Waals surface area contributed by atoms with Crippen LogP contribution in [0, 0.1) is 10.1 Å². The van der Waals surface area contributed by atoms with Crippen molar-refractivity contribution in [3.05, 3.63) is 81.9 Å². The van der Waals surface area contributed by atoms with E-state index in [2.05, 4.69) is 41.6 Å². The Kier molecular flexibility index (Phi) is 7.78. The zero-order chi connectivity index (χ0) is 26.5. The fraction of sp³-hybridized carbons (Fsp3) is 0.222. The maximum absolute atomic E-state index is 12.6. The van der Waals surface area contributed by atoms with Crippen molar-refractivity contribution in [2.24, 2.45) is 0 Å². The highest BCUT2D eigenvalue weighted by Gasteiger charge is 2.19. The van der Waals surface area contributed by atoms with Crippen LogP contribution in [0.25, 0.3) is 22.6 Å². The lowest BCUT2D eigenvalue weighted by molar-refractivity contribution is -0.385. The van der Waals surface area contributed by atoms with E-state index in [1.807, 2.05) is 18.2 Å². The standard InChI is InChI=1S/C27H26N4O5S/c1-4-16(3)17-9-11-23-21(14-17)29-26(36-23)19-7-6-8-20(13-19)28-27(37)30-25(32)18-10-12-24(35-5-2)22(15-18)31(33)34/h6-16H,4-5H2,1-3H3,(H2,28,30,32,37). The lowest BCUT2D eigenvalue weighted by Gasteiger charge is -2.11. The average Bonchev–Trinajstić information content (AvgIpc) is 3.32. The normalized spacial score (nSPS) is 11.6. The van der Waals surface area contributed by atoms with Crippen molar-refractivity contribution in [3.63, 3.8) is 0 Å². The second-order valence-electron chi connectivity index (χ2n) is 8.42. The number of hydrogen-bond acceptors (Lipinski definition) is 7. The number of carbonyl (C=O) groups excluding carboxylic acids is 1. The number of carbonyl (C=O) groups is 1. The molecule has 10 heteroatoms. The molecule has 0 fully saturated rings. The second kappa shape index (κ2) is 11.2. The topological polar surface area (TPSA) is 120 Å². The quantitative estimate of drug-likeness (QED) is 0.155. The highest BCUT2D eigenvalue weighted by atomic mass is 32.1. The van der Waals surface area contributed by atoms with Crippen molar-refractivity contribution in [2.75, 3.05) is 11.9 Å². The van der Waals surface area contributed by atoms with E-state index in [9.17, 15) is 14.9 Å². The molecule has 4 rings (SSSR count). The number of amides is 1. The van der Waals surface area contributed by atoms with Crippen molar-refractivity contribution in [2.45, 2.75) is 33.1 Å². The molecule has 0 aliphatic carbocycles. The molecular formula is C27H26N4O5S. The van der Waals surface area contributed by atoms with Gasteiger partial charge in [0.15, 0.2) is 16.4 Å². The molecule has 0 saturated carbocycles. The van der Waals surface area contributed by atoms with Crippen LogP contribution >= 0.6 is 12.2 Å². The minimum atomic E-state index is -0.596. The van der Waals surface area contributed by atoms with Gasteiger partial charge in [-0.05, 0) is 79.5 Å². The third kappa shape index (κ3) is 5.92. The molecule has 190 valence electrons. The van der Waals surface area contributed by atoms with Crippen LogP contribution in [-0.2, 0) is 0 Å². The molecule has 1 aromatic heterocycles. The predicted molar refractivity (Wildman–Crippen MR) is 146 cm³/mol. The number of benzene rings is 3. The molecule has 1 amide bonds. The Morgan fingerprint density at radius 2 is 1.97 bits per heavy atom. The van der Waals surface area contributed by atoms with E-state index in [4.69, 9.17) is 21.4 Å². The monoisotopic (exact) mass is 518 g/mol. The van der Waals surface area contributed by atoms with Gasteiger partial charge in [-0.1, -0.05) is 26.0 Å². The van der Waals surface area contributed by atoms with Crippen LogP contribution in [0.1, 0.15) is 49.0 Å². The van der Waals surface area contributed by atoms with E-state index < -0.39 is 10.8 Å². The number of hydrogen-bond donors (Lipinski definition) is 2. The van der Waals surface area contributed by atoms with E-state index in [-0.39, 0.29) is 28.7 Å². The molecule has 2 N–H and O–H groups in total. The Labute approximate surface area is 219 Å². The van der Waals surface area contributed by atoms with Crippen LogP contribution in [0.4, 0.5) is 11.4 Å². The first-order valence-electron chi connectivity index (χ1n) is 11.8. The number of nitrogens with one attached hydrogen (secondary N) is 2. The van der Waals surface area contributed by atoms with Crippen LogP contribution in [0.3, 0.4) is 0 Å². The van der Waals surface area contributed by atoms with Crippen LogP contribution in [0.2, 0.25) is 0 Å². The number of rotatable bonds is 8. The first-order chi connectivity index (χ1) is 17.8. The number of fused-ring (bicyclic) bond motifs is 1. The summed E-state index contributed by atoms with van der Waals surface area (Å²) in [5, 5.41) is 16.9. The van der Waals surface area contributed by atoms with Gasteiger partial charge in [-0.25, -0.2) is 4.98 Å². The third-order valence-corrected chi connectivity index (χ3v) is 6.11. The van der Waals surface area contributed by atoms with Crippen LogP contribution in [0.15, 0.2) is 65.1 Å². The average molecular weight is 519 g/mol. The number of ether oxygens (including phenoxy) is 1. The highest BCUT2D eigenvalue weighted by molar-refractivity contribution is 7.80. The Hall–Kier alpha value is -4.31. The number of nitro groups is 1. The Bertz CT molecular complexity index is 1480. The molecule has 0 aliphatic heterocycles. The van der Waals surface area contributed by atoms with Crippen LogP contribution < -0.4 is 15.4 Å². The van der Waals surface area contributed by atoms with Gasteiger partial charge in [-0.2, -0.15) is 0 Å². The van der Waals surface area contributed by atoms with Gasteiger partial charge in [0.2, 0.25) is 5.89 Å². The first kappa shape index (κ1) is 25.8. The molecular weight excluding hydrogens is 492 g/mol. The number of nitrogens with zero attached hydrogens (tertiary/aromatic N) is 2. The van der Waals surface area contributed by atoms with E-state index in [0.29, 0.717) is 23.1 Å². The fourth-order valence-corrected chi connectivity index (χ4v) is 3.97. The Morgan fingerprint density at radius 3 is 2.70 bits per heavy atom. The maximum atomic E-state index is 12.6. The van der Waals surface area contributed by atoms with Gasteiger partial charge in [0.1, 0.15) is 5.52 Å². The molecule has 0 spiro atoms. The summed E-state index contributed by atoms with van der Waals surface area (Å²) in [5.41, 5.74) is 3.84. The minimum Gasteiger partial charge on any atom is -0.487 e. The second-order valence-corrected chi connectivity index (χ2v) is 8.83. The number of thiocarbonyl (C=S) groups is 1. The molecule has 4 aromatic rings. The summed E-state index contributed by atoms with van der Waals surface area (Å²) in [5.74, 6) is 0.409. The van der Waals surface area contributed by atoms with Crippen molar-refractivity contribution < 1.29 is 18.9 Å². The first-order valence-corrected chi connectivity index (χ1v) is 12.2. The zero-order valence-electron chi connectivity index (χ0n) is 20.6. The molecule has 0 aliphatic rings. The fourth-order valence-electron chi connectivity index (χ4n) is 3.76. The van der Waals surface area contributed by atoms with Gasteiger partial charge in [0.25, 0.3) is 5.91 Å². The molecule has 0 radical (unpaired) electrons. The van der Waals surface area contributed by atoms with Crippen molar-refractivity contribution >= 4 is 45.7 Å². The van der Waals surface area contributed by atoms with E-state index in [1.54, 1.807) is 19.1 Å². The molecule has 1 heterocycles. The predicted octanol–water partition coefficient (Wildman–Crippen LogP) is 6.44. The van der Waals surface area contributed by atoms with Crippen molar-refractivity contribution in [1.82, 2.24) is 10.3 Å². The molecule has 1 atom stereocenters. The lowest BCUT2D eigenvalue weighted by Crippen LogP contribution is -2.34. The largest absolute Gasteiger partial charge is 0.487 e. The van der Waals surface area contributed by atoms with Crippen LogP contribution in [-0.4, -0.2) is 27.5 Å². The molecule has 0 saturated heterocycles. The van der Waals surface area contributed by atoms with Gasteiger partial charge in [-0.3, -0.25) is 20.2 Å². The number of nitro benzene ring substituents is 1. The summed E-state index contributed by atoms with van der Waals surface area (Å²) < 4.78 is 11.2.